The summed E-state index contributed by atoms with van der Waals surface area (Å²) in [7, 11) is 0. The number of amides is 1. The van der Waals surface area contributed by atoms with E-state index in [4.69, 9.17) is 4.98 Å². The van der Waals surface area contributed by atoms with E-state index in [1.807, 2.05) is 87.5 Å². The first kappa shape index (κ1) is 25.1. The molecule has 0 saturated heterocycles. The quantitative estimate of drug-likeness (QED) is 0.263. The molecule has 1 atom stereocenters. The lowest BCUT2D eigenvalue weighted by molar-refractivity contribution is 0.0664. The lowest BCUT2D eigenvalue weighted by Gasteiger charge is -2.31. The van der Waals surface area contributed by atoms with Crippen LogP contribution in [-0.2, 0) is 6.54 Å². The normalized spacial score (nSPS) is 11.9. The Morgan fingerprint density at radius 2 is 1.61 bits per heavy atom. The lowest BCUT2D eigenvalue weighted by Crippen LogP contribution is -2.37. The van der Waals surface area contributed by atoms with Crippen molar-refractivity contribution in [3.05, 3.63) is 141 Å². The Morgan fingerprint density at radius 1 is 0.921 bits per heavy atom. The van der Waals surface area contributed by atoms with Gasteiger partial charge in [0.1, 0.15) is 11.6 Å². The van der Waals surface area contributed by atoms with E-state index in [1.165, 1.54) is 24.3 Å². The number of benzene rings is 4. The molecule has 0 saturated carbocycles. The summed E-state index contributed by atoms with van der Waals surface area (Å²) in [4.78, 5) is 34.5. The van der Waals surface area contributed by atoms with Gasteiger partial charge in [0.15, 0.2) is 0 Å². The van der Waals surface area contributed by atoms with Gasteiger partial charge in [0.05, 0.1) is 22.6 Å². The summed E-state index contributed by atoms with van der Waals surface area (Å²) in [5.74, 6) is -0.241. The molecule has 0 aliphatic rings. The van der Waals surface area contributed by atoms with Crippen LogP contribution in [-0.4, -0.2) is 20.4 Å². The fraction of sp³-hybridized carbons (Fsp3) is 0.156. The van der Waals surface area contributed by atoms with Crippen molar-refractivity contribution in [2.24, 2.45) is 0 Å². The number of fused-ring (bicyclic) bond motifs is 1. The minimum atomic E-state index is -0.593. The molecule has 0 radical (unpaired) electrons. The fourth-order valence-electron chi connectivity index (χ4n) is 4.69. The number of hydrogen-bond donors (Lipinski definition) is 0. The molecular formula is C32H28FN3O2. The van der Waals surface area contributed by atoms with Crippen LogP contribution in [0.3, 0.4) is 0 Å². The maximum atomic E-state index is 14.0. The van der Waals surface area contributed by atoms with Crippen molar-refractivity contribution >= 4 is 16.8 Å². The van der Waals surface area contributed by atoms with Gasteiger partial charge < -0.3 is 4.90 Å². The zero-order chi connectivity index (χ0) is 26.8. The summed E-state index contributed by atoms with van der Waals surface area (Å²) in [6.07, 6.45) is 0. The molecule has 190 valence electrons. The molecule has 1 unspecified atom stereocenters. The molecule has 5 rings (SSSR count). The third-order valence-electron chi connectivity index (χ3n) is 6.80. The monoisotopic (exact) mass is 505 g/mol. The van der Waals surface area contributed by atoms with E-state index in [1.54, 1.807) is 15.5 Å². The largest absolute Gasteiger partial charge is 0.324 e. The smallest absolute Gasteiger partial charge is 0.266 e. The number of nitrogens with zero attached hydrogens (tertiary/aromatic N) is 3. The molecule has 0 N–H and O–H groups in total. The molecule has 6 heteroatoms. The second-order valence-electron chi connectivity index (χ2n) is 9.52. The highest BCUT2D eigenvalue weighted by atomic mass is 19.1. The first-order valence-electron chi connectivity index (χ1n) is 12.5. The summed E-state index contributed by atoms with van der Waals surface area (Å²) in [5.41, 5.74) is 4.31. The van der Waals surface area contributed by atoms with Gasteiger partial charge in [0, 0.05) is 12.1 Å². The molecule has 5 aromatic rings. The average Bonchev–Trinajstić information content (AvgIpc) is 2.93. The van der Waals surface area contributed by atoms with Crippen molar-refractivity contribution in [2.75, 3.05) is 0 Å². The Labute approximate surface area is 220 Å². The number of carbonyl (C=O) groups is 1. The van der Waals surface area contributed by atoms with Crippen LogP contribution in [0.15, 0.2) is 102 Å². The Bertz CT molecular complexity index is 1680. The van der Waals surface area contributed by atoms with E-state index in [0.29, 0.717) is 22.3 Å². The summed E-state index contributed by atoms with van der Waals surface area (Å²) in [6.45, 7) is 6.10. The molecule has 0 aliphatic heterocycles. The molecule has 0 aliphatic carbocycles. The second-order valence-corrected chi connectivity index (χ2v) is 9.52. The van der Waals surface area contributed by atoms with Crippen LogP contribution in [0.25, 0.3) is 16.6 Å². The third kappa shape index (κ3) is 4.85. The van der Waals surface area contributed by atoms with Crippen molar-refractivity contribution in [3.63, 3.8) is 0 Å². The van der Waals surface area contributed by atoms with Crippen molar-refractivity contribution in [2.45, 2.75) is 33.4 Å². The number of hydrogen-bond acceptors (Lipinski definition) is 3. The lowest BCUT2D eigenvalue weighted by atomic mass is 10.1. The average molecular weight is 506 g/mol. The summed E-state index contributed by atoms with van der Waals surface area (Å²) < 4.78 is 15.3. The number of aromatic nitrogens is 2. The first-order valence-corrected chi connectivity index (χ1v) is 12.5. The number of halogens is 1. The molecule has 0 bridgehead atoms. The van der Waals surface area contributed by atoms with E-state index < -0.39 is 11.9 Å². The highest BCUT2D eigenvalue weighted by Gasteiger charge is 2.28. The van der Waals surface area contributed by atoms with Crippen LogP contribution < -0.4 is 5.56 Å². The predicted octanol–water partition coefficient (Wildman–Crippen LogP) is 6.55. The highest BCUT2D eigenvalue weighted by molar-refractivity contribution is 5.94. The van der Waals surface area contributed by atoms with Gasteiger partial charge in [0.25, 0.3) is 11.5 Å². The summed E-state index contributed by atoms with van der Waals surface area (Å²) >= 11 is 0. The van der Waals surface area contributed by atoms with Crippen molar-refractivity contribution in [3.8, 4) is 5.69 Å². The Morgan fingerprint density at radius 3 is 2.34 bits per heavy atom. The van der Waals surface area contributed by atoms with Gasteiger partial charge in [-0.05, 0) is 79.9 Å². The Balaban J connectivity index is 1.73. The number of carbonyl (C=O) groups excluding carboxylic acids is 1. The molecule has 0 spiro atoms. The number of para-hydroxylation sites is 1. The maximum absolute atomic E-state index is 14.0. The molecule has 5 nitrogen and oxygen atoms in total. The number of aryl methyl sites for hydroxylation is 2. The molecule has 1 amide bonds. The number of rotatable bonds is 6. The minimum absolute atomic E-state index is 0.194. The van der Waals surface area contributed by atoms with Gasteiger partial charge in [0.2, 0.25) is 0 Å². The Kier molecular flexibility index (Phi) is 6.88. The van der Waals surface area contributed by atoms with Crippen molar-refractivity contribution in [1.29, 1.82) is 0 Å². The summed E-state index contributed by atoms with van der Waals surface area (Å²) in [6, 6.07) is 27.8. The van der Waals surface area contributed by atoms with E-state index in [2.05, 4.69) is 0 Å². The maximum Gasteiger partial charge on any atom is 0.266 e. The van der Waals surface area contributed by atoms with Crippen LogP contribution >= 0.6 is 0 Å². The van der Waals surface area contributed by atoms with Crippen molar-refractivity contribution < 1.29 is 9.18 Å². The van der Waals surface area contributed by atoms with Crippen LogP contribution in [0.4, 0.5) is 4.39 Å². The third-order valence-corrected chi connectivity index (χ3v) is 6.80. The molecular weight excluding hydrogens is 477 g/mol. The highest BCUT2D eigenvalue weighted by Crippen LogP contribution is 2.27. The predicted molar refractivity (Wildman–Crippen MR) is 148 cm³/mol. The van der Waals surface area contributed by atoms with E-state index in [9.17, 15) is 14.0 Å². The van der Waals surface area contributed by atoms with Gasteiger partial charge in [-0.15, -0.1) is 0 Å². The van der Waals surface area contributed by atoms with Gasteiger partial charge >= 0.3 is 0 Å². The first-order chi connectivity index (χ1) is 18.3. The van der Waals surface area contributed by atoms with Crippen molar-refractivity contribution in [1.82, 2.24) is 14.5 Å². The molecule has 1 aromatic heterocycles. The van der Waals surface area contributed by atoms with E-state index >= 15 is 0 Å². The van der Waals surface area contributed by atoms with Gasteiger partial charge in [-0.1, -0.05) is 54.6 Å². The van der Waals surface area contributed by atoms with Crippen LogP contribution in [0.5, 0.6) is 0 Å². The molecule has 38 heavy (non-hydrogen) atoms. The van der Waals surface area contributed by atoms with Crippen LogP contribution in [0.1, 0.15) is 45.8 Å². The van der Waals surface area contributed by atoms with Gasteiger partial charge in [-0.2, -0.15) is 0 Å². The fourth-order valence-corrected chi connectivity index (χ4v) is 4.69. The zero-order valence-electron chi connectivity index (χ0n) is 21.6. The second kappa shape index (κ2) is 10.4. The summed E-state index contributed by atoms with van der Waals surface area (Å²) in [5, 5.41) is 0.504. The van der Waals surface area contributed by atoms with E-state index in [0.717, 1.165) is 22.4 Å². The molecule has 4 aromatic carbocycles. The molecule has 0 fully saturated rings. The molecule has 1 heterocycles. The SMILES string of the molecule is Cc1ccc(C)c(-n2c(C(C)N(Cc3ccccc3)C(=O)c3ccc(F)cc3)nc3ccccc3c2=O)c1. The van der Waals surface area contributed by atoms with Crippen LogP contribution in [0.2, 0.25) is 0 Å². The van der Waals surface area contributed by atoms with Gasteiger partial charge in [-0.3, -0.25) is 14.2 Å². The van der Waals surface area contributed by atoms with Crippen LogP contribution in [0, 0.1) is 19.7 Å². The Hall–Kier alpha value is -4.58. The topological polar surface area (TPSA) is 55.2 Å². The minimum Gasteiger partial charge on any atom is -0.324 e. The standard InChI is InChI=1S/C32H28FN3O2/c1-21-13-14-22(2)29(19-21)36-30(34-28-12-8-7-11-27(28)32(36)38)23(3)35(20-24-9-5-4-6-10-24)31(37)25-15-17-26(33)18-16-25/h4-19,23H,20H2,1-3H3. The van der Waals surface area contributed by atoms with Gasteiger partial charge in [-0.25, -0.2) is 9.37 Å². The zero-order valence-corrected chi connectivity index (χ0v) is 21.6. The van der Waals surface area contributed by atoms with E-state index in [-0.39, 0.29) is 18.0 Å².